The van der Waals surface area contributed by atoms with Crippen molar-refractivity contribution in [3.8, 4) is 5.88 Å². The van der Waals surface area contributed by atoms with Crippen molar-refractivity contribution in [2.24, 2.45) is 7.05 Å². The van der Waals surface area contributed by atoms with Crippen LogP contribution in [0, 0.1) is 5.82 Å². The van der Waals surface area contributed by atoms with Crippen molar-refractivity contribution in [3.63, 3.8) is 0 Å². The van der Waals surface area contributed by atoms with Crippen LogP contribution in [0.3, 0.4) is 0 Å². The van der Waals surface area contributed by atoms with Crippen molar-refractivity contribution >= 4 is 17.4 Å². The number of Topliss-reactive ketones (excluding diaryl/α,β-unsaturated/α-hetero) is 1. The molecule has 2 aromatic rings. The Labute approximate surface area is 114 Å². The van der Waals surface area contributed by atoms with E-state index in [4.69, 9.17) is 16.3 Å². The fraction of sp³-hybridized carbons (Fsp3) is 0.231. The van der Waals surface area contributed by atoms with Crippen LogP contribution in [0.15, 0.2) is 24.3 Å². The number of halogens is 2. The number of nitrogens with zero attached hydrogens (tertiary/aromatic N) is 2. The summed E-state index contributed by atoms with van der Waals surface area (Å²) in [6.07, 6.45) is -0.133. The van der Waals surface area contributed by atoms with Crippen molar-refractivity contribution in [3.05, 3.63) is 46.4 Å². The molecular formula is C13H12ClFN2O2. The molecule has 0 radical (unpaired) electrons. The van der Waals surface area contributed by atoms with Gasteiger partial charge in [0.05, 0.1) is 7.11 Å². The number of ketones is 1. The smallest absolute Gasteiger partial charge is 0.211 e. The predicted molar refractivity (Wildman–Crippen MR) is 69.2 cm³/mol. The average molecular weight is 283 g/mol. The average Bonchev–Trinajstić information content (AvgIpc) is 2.75. The summed E-state index contributed by atoms with van der Waals surface area (Å²) in [6.45, 7) is 0. The molecule has 2 rings (SSSR count). The summed E-state index contributed by atoms with van der Waals surface area (Å²) in [5.41, 5.74) is 0.400. The maximum atomic E-state index is 13.6. The van der Waals surface area contributed by atoms with Crippen molar-refractivity contribution in [2.45, 2.75) is 6.42 Å². The Balaban J connectivity index is 2.25. The Morgan fingerprint density at radius 2 is 2.26 bits per heavy atom. The lowest BCUT2D eigenvalue weighted by Crippen LogP contribution is -2.07. The first-order valence-corrected chi connectivity index (χ1v) is 5.95. The number of ether oxygens (including phenoxy) is 1. The van der Waals surface area contributed by atoms with Crippen LogP contribution in [0.1, 0.15) is 16.1 Å². The largest absolute Gasteiger partial charge is 0.481 e. The first-order valence-electron chi connectivity index (χ1n) is 5.57. The first kappa shape index (κ1) is 13.5. The number of hydrogen-bond donors (Lipinski definition) is 0. The van der Waals surface area contributed by atoms with Gasteiger partial charge in [0.25, 0.3) is 0 Å². The second kappa shape index (κ2) is 5.40. The van der Waals surface area contributed by atoms with E-state index in [9.17, 15) is 9.18 Å². The molecule has 0 amide bonds. The zero-order valence-electron chi connectivity index (χ0n) is 10.5. The molecule has 4 nitrogen and oxygen atoms in total. The number of benzene rings is 1. The summed E-state index contributed by atoms with van der Waals surface area (Å²) < 4.78 is 20.1. The number of aromatic nitrogens is 2. The van der Waals surface area contributed by atoms with Gasteiger partial charge >= 0.3 is 0 Å². The van der Waals surface area contributed by atoms with E-state index in [2.05, 4.69) is 5.10 Å². The van der Waals surface area contributed by atoms with Gasteiger partial charge in [-0.2, -0.15) is 5.10 Å². The van der Waals surface area contributed by atoms with Crippen LogP contribution in [0.25, 0.3) is 0 Å². The lowest BCUT2D eigenvalue weighted by molar-refractivity contribution is 0.0986. The van der Waals surface area contributed by atoms with Gasteiger partial charge in [-0.05, 0) is 12.1 Å². The molecule has 0 aliphatic heterocycles. The zero-order valence-corrected chi connectivity index (χ0v) is 11.2. The fourth-order valence-electron chi connectivity index (χ4n) is 1.73. The standard InChI is InChI=1S/C13H12ClFN2O2/c1-17-13(19-2)7-11(16-17)12(18)6-8-9(14)4-3-5-10(8)15/h3-5,7H,6H2,1-2H3. The molecule has 1 aromatic carbocycles. The predicted octanol–water partition coefficient (Wildman–Crippen LogP) is 2.65. The lowest BCUT2D eigenvalue weighted by Gasteiger charge is -2.03. The van der Waals surface area contributed by atoms with Gasteiger partial charge in [-0.15, -0.1) is 0 Å². The van der Waals surface area contributed by atoms with E-state index in [1.54, 1.807) is 13.1 Å². The number of methoxy groups -OCH3 is 1. The van der Waals surface area contributed by atoms with Crippen molar-refractivity contribution in [1.29, 1.82) is 0 Å². The Morgan fingerprint density at radius 3 is 2.84 bits per heavy atom. The van der Waals surface area contributed by atoms with Gasteiger partial charge in [0.1, 0.15) is 11.5 Å². The summed E-state index contributed by atoms with van der Waals surface area (Å²) in [5.74, 6) is -0.349. The van der Waals surface area contributed by atoms with E-state index in [-0.39, 0.29) is 28.5 Å². The Bertz CT molecular complexity index is 605. The van der Waals surface area contributed by atoms with E-state index >= 15 is 0 Å². The van der Waals surface area contributed by atoms with Crippen LogP contribution < -0.4 is 4.74 Å². The monoisotopic (exact) mass is 282 g/mol. The van der Waals surface area contributed by atoms with Crippen molar-refractivity contribution in [2.75, 3.05) is 7.11 Å². The minimum Gasteiger partial charge on any atom is -0.481 e. The Kier molecular flexibility index (Phi) is 3.85. The van der Waals surface area contributed by atoms with Gasteiger partial charge in [0.2, 0.25) is 5.88 Å². The van der Waals surface area contributed by atoms with Crippen LogP contribution >= 0.6 is 11.6 Å². The van der Waals surface area contributed by atoms with Crippen molar-refractivity contribution in [1.82, 2.24) is 9.78 Å². The topological polar surface area (TPSA) is 44.1 Å². The molecule has 6 heteroatoms. The second-order valence-corrected chi connectivity index (χ2v) is 4.40. The highest BCUT2D eigenvalue weighted by molar-refractivity contribution is 6.31. The zero-order chi connectivity index (χ0) is 14.0. The minimum atomic E-state index is -0.497. The maximum absolute atomic E-state index is 13.6. The molecule has 0 atom stereocenters. The van der Waals surface area contributed by atoms with Crippen LogP contribution in [-0.4, -0.2) is 22.7 Å². The summed E-state index contributed by atoms with van der Waals surface area (Å²) >= 11 is 5.88. The molecule has 0 aliphatic carbocycles. The molecule has 1 heterocycles. The van der Waals surface area contributed by atoms with E-state index in [0.717, 1.165) is 0 Å². The first-order chi connectivity index (χ1) is 9.02. The fourth-order valence-corrected chi connectivity index (χ4v) is 1.96. The van der Waals surface area contributed by atoms with Gasteiger partial charge in [-0.1, -0.05) is 17.7 Å². The molecule has 100 valence electrons. The highest BCUT2D eigenvalue weighted by Crippen LogP contribution is 2.21. The van der Waals surface area contributed by atoms with Gasteiger partial charge in [0.15, 0.2) is 5.78 Å². The van der Waals surface area contributed by atoms with E-state index in [1.807, 2.05) is 0 Å². The van der Waals surface area contributed by atoms with Crippen LogP contribution in [0.2, 0.25) is 5.02 Å². The highest BCUT2D eigenvalue weighted by atomic mass is 35.5. The van der Waals surface area contributed by atoms with Gasteiger partial charge in [-0.3, -0.25) is 4.79 Å². The minimum absolute atomic E-state index is 0.133. The van der Waals surface area contributed by atoms with Crippen molar-refractivity contribution < 1.29 is 13.9 Å². The quantitative estimate of drug-likeness (QED) is 0.810. The number of aryl methyl sites for hydroxylation is 1. The normalized spacial score (nSPS) is 10.5. The molecule has 0 aliphatic rings. The third-order valence-electron chi connectivity index (χ3n) is 2.73. The SMILES string of the molecule is COc1cc(C(=O)Cc2c(F)cccc2Cl)nn1C. The Morgan fingerprint density at radius 1 is 1.53 bits per heavy atom. The molecular weight excluding hydrogens is 271 g/mol. The number of carbonyl (C=O) groups excluding carboxylic acids is 1. The molecule has 0 N–H and O–H groups in total. The molecule has 1 aromatic heterocycles. The summed E-state index contributed by atoms with van der Waals surface area (Å²) in [7, 11) is 3.14. The number of hydrogen-bond acceptors (Lipinski definition) is 3. The third-order valence-corrected chi connectivity index (χ3v) is 3.08. The van der Waals surface area contributed by atoms with Gasteiger partial charge < -0.3 is 4.74 Å². The van der Waals surface area contributed by atoms with E-state index < -0.39 is 5.82 Å². The summed E-state index contributed by atoms with van der Waals surface area (Å²) in [4.78, 5) is 12.0. The molecule has 0 spiro atoms. The molecule has 0 fully saturated rings. The summed E-state index contributed by atoms with van der Waals surface area (Å²) in [6, 6.07) is 5.83. The number of carbonyl (C=O) groups is 1. The van der Waals surface area contributed by atoms with E-state index in [0.29, 0.717) is 5.88 Å². The summed E-state index contributed by atoms with van der Waals surface area (Å²) in [5, 5.41) is 4.25. The lowest BCUT2D eigenvalue weighted by atomic mass is 10.1. The Hall–Kier alpha value is -1.88. The second-order valence-electron chi connectivity index (χ2n) is 4.00. The maximum Gasteiger partial charge on any atom is 0.211 e. The molecule has 0 saturated heterocycles. The van der Waals surface area contributed by atoms with Crippen LogP contribution in [0.4, 0.5) is 4.39 Å². The van der Waals surface area contributed by atoms with Gasteiger partial charge in [-0.25, -0.2) is 9.07 Å². The van der Waals surface area contributed by atoms with E-state index in [1.165, 1.54) is 30.0 Å². The van der Waals surface area contributed by atoms with Crippen LogP contribution in [-0.2, 0) is 13.5 Å². The number of rotatable bonds is 4. The molecule has 19 heavy (non-hydrogen) atoms. The molecule has 0 unspecified atom stereocenters. The molecule has 0 bridgehead atoms. The molecule has 0 saturated carbocycles. The van der Waals surface area contributed by atoms with Gasteiger partial charge in [0, 0.05) is 30.1 Å². The highest BCUT2D eigenvalue weighted by Gasteiger charge is 2.17. The third kappa shape index (κ3) is 2.76. The van der Waals surface area contributed by atoms with Crippen LogP contribution in [0.5, 0.6) is 5.88 Å².